The summed E-state index contributed by atoms with van der Waals surface area (Å²) in [7, 11) is 0. The van der Waals surface area contributed by atoms with E-state index in [4.69, 9.17) is 14.2 Å². The Kier molecular flexibility index (Phi) is 3.27. The predicted molar refractivity (Wildman–Crippen MR) is 46.1 cm³/mol. The lowest BCUT2D eigenvalue weighted by atomic mass is 9.88. The maximum absolute atomic E-state index is 10.6. The zero-order valence-corrected chi connectivity index (χ0v) is 8.33. The van der Waals surface area contributed by atoms with E-state index >= 15 is 0 Å². The van der Waals surface area contributed by atoms with Gasteiger partial charge in [-0.2, -0.15) is 0 Å². The highest BCUT2D eigenvalue weighted by Crippen LogP contribution is 2.26. The van der Waals surface area contributed by atoms with Crippen LogP contribution in [0.15, 0.2) is 0 Å². The van der Waals surface area contributed by atoms with E-state index in [-0.39, 0.29) is 17.5 Å². The van der Waals surface area contributed by atoms with Crippen molar-refractivity contribution in [3.8, 4) is 0 Å². The molecule has 0 radical (unpaired) electrons. The van der Waals surface area contributed by atoms with Crippen LogP contribution < -0.4 is 0 Å². The van der Waals surface area contributed by atoms with E-state index < -0.39 is 0 Å². The molecule has 1 aliphatic rings. The first-order valence-electron chi connectivity index (χ1n) is 4.35. The van der Waals surface area contributed by atoms with Crippen LogP contribution in [0.5, 0.6) is 0 Å². The van der Waals surface area contributed by atoms with E-state index in [0.29, 0.717) is 20.0 Å². The highest BCUT2D eigenvalue weighted by atomic mass is 16.7. The minimum Gasteiger partial charge on any atom is -0.465 e. The normalized spacial score (nSPS) is 23.2. The molecule has 0 saturated carbocycles. The SMILES string of the molecule is CC(=O)OCC(C)(C)C1COCO1. The Morgan fingerprint density at radius 2 is 2.31 bits per heavy atom. The van der Waals surface area contributed by atoms with Gasteiger partial charge in [-0.05, 0) is 0 Å². The average molecular weight is 188 g/mol. The van der Waals surface area contributed by atoms with E-state index in [1.807, 2.05) is 13.8 Å². The monoisotopic (exact) mass is 188 g/mol. The van der Waals surface area contributed by atoms with Crippen molar-refractivity contribution >= 4 is 5.97 Å². The lowest BCUT2D eigenvalue weighted by molar-refractivity contribution is -0.146. The predicted octanol–water partition coefficient (Wildman–Crippen LogP) is 0.949. The van der Waals surface area contributed by atoms with Crippen LogP contribution in [0, 0.1) is 5.41 Å². The molecule has 4 nitrogen and oxygen atoms in total. The van der Waals surface area contributed by atoms with Gasteiger partial charge in [-0.15, -0.1) is 0 Å². The van der Waals surface area contributed by atoms with Crippen LogP contribution in [0.3, 0.4) is 0 Å². The fraction of sp³-hybridized carbons (Fsp3) is 0.889. The third-order valence-corrected chi connectivity index (χ3v) is 2.14. The maximum Gasteiger partial charge on any atom is 0.302 e. The molecule has 0 N–H and O–H groups in total. The second kappa shape index (κ2) is 4.07. The van der Waals surface area contributed by atoms with E-state index in [0.717, 1.165) is 0 Å². The zero-order chi connectivity index (χ0) is 9.90. The third kappa shape index (κ3) is 2.97. The summed E-state index contributed by atoms with van der Waals surface area (Å²) < 4.78 is 15.4. The van der Waals surface area contributed by atoms with E-state index in [2.05, 4.69) is 0 Å². The first-order valence-corrected chi connectivity index (χ1v) is 4.35. The first-order chi connectivity index (χ1) is 6.02. The Balaban J connectivity index is 2.39. The Morgan fingerprint density at radius 3 is 2.77 bits per heavy atom. The summed E-state index contributed by atoms with van der Waals surface area (Å²) >= 11 is 0. The maximum atomic E-state index is 10.6. The quantitative estimate of drug-likeness (QED) is 0.618. The summed E-state index contributed by atoms with van der Waals surface area (Å²) in [6.45, 7) is 6.69. The second-order valence-corrected chi connectivity index (χ2v) is 3.91. The number of hydrogen-bond acceptors (Lipinski definition) is 4. The van der Waals surface area contributed by atoms with Crippen LogP contribution in [-0.2, 0) is 19.0 Å². The van der Waals surface area contributed by atoms with Gasteiger partial charge < -0.3 is 14.2 Å². The summed E-state index contributed by atoms with van der Waals surface area (Å²) in [5.74, 6) is -0.257. The van der Waals surface area contributed by atoms with Crippen molar-refractivity contribution in [3.63, 3.8) is 0 Å². The minimum atomic E-state index is -0.257. The van der Waals surface area contributed by atoms with Crippen molar-refractivity contribution in [2.24, 2.45) is 5.41 Å². The molecule has 0 spiro atoms. The molecule has 0 aliphatic carbocycles. The number of hydrogen-bond donors (Lipinski definition) is 0. The van der Waals surface area contributed by atoms with Gasteiger partial charge in [0.25, 0.3) is 0 Å². The Bertz CT molecular complexity index is 182. The van der Waals surface area contributed by atoms with Crippen molar-refractivity contribution in [1.29, 1.82) is 0 Å². The number of esters is 1. The summed E-state index contributed by atoms with van der Waals surface area (Å²) in [5, 5.41) is 0. The van der Waals surface area contributed by atoms with Crippen LogP contribution in [0.1, 0.15) is 20.8 Å². The molecule has 0 aromatic rings. The molecule has 0 amide bonds. The molecular formula is C9H16O4. The molecule has 4 heteroatoms. The van der Waals surface area contributed by atoms with Gasteiger partial charge in [0.15, 0.2) is 0 Å². The molecule has 13 heavy (non-hydrogen) atoms. The first kappa shape index (κ1) is 10.5. The number of rotatable bonds is 3. The van der Waals surface area contributed by atoms with Crippen LogP contribution in [-0.4, -0.2) is 32.1 Å². The van der Waals surface area contributed by atoms with Crippen molar-refractivity contribution in [2.45, 2.75) is 26.9 Å². The van der Waals surface area contributed by atoms with Gasteiger partial charge in [-0.1, -0.05) is 13.8 Å². The smallest absolute Gasteiger partial charge is 0.302 e. The number of carbonyl (C=O) groups excluding carboxylic acids is 1. The fourth-order valence-corrected chi connectivity index (χ4v) is 1.17. The summed E-state index contributed by atoms with van der Waals surface area (Å²) in [5.41, 5.74) is -0.178. The van der Waals surface area contributed by atoms with Crippen LogP contribution in [0.2, 0.25) is 0 Å². The van der Waals surface area contributed by atoms with Crippen LogP contribution in [0.4, 0.5) is 0 Å². The van der Waals surface area contributed by atoms with Crippen LogP contribution in [0.25, 0.3) is 0 Å². The number of ether oxygens (including phenoxy) is 3. The molecular weight excluding hydrogens is 172 g/mol. The molecule has 1 unspecified atom stereocenters. The molecule has 1 heterocycles. The lowest BCUT2D eigenvalue weighted by Gasteiger charge is -2.28. The van der Waals surface area contributed by atoms with E-state index in [1.54, 1.807) is 0 Å². The topological polar surface area (TPSA) is 44.8 Å². The lowest BCUT2D eigenvalue weighted by Crippen LogP contribution is -2.36. The second-order valence-electron chi connectivity index (χ2n) is 3.91. The molecule has 1 atom stereocenters. The highest BCUT2D eigenvalue weighted by Gasteiger charge is 2.34. The molecule has 0 aromatic carbocycles. The van der Waals surface area contributed by atoms with Crippen LogP contribution >= 0.6 is 0 Å². The Morgan fingerprint density at radius 1 is 1.62 bits per heavy atom. The molecule has 76 valence electrons. The van der Waals surface area contributed by atoms with Gasteiger partial charge in [0.2, 0.25) is 0 Å². The molecule has 0 aromatic heterocycles. The van der Waals surface area contributed by atoms with Gasteiger partial charge in [-0.25, -0.2) is 0 Å². The van der Waals surface area contributed by atoms with E-state index in [1.165, 1.54) is 6.92 Å². The number of carbonyl (C=O) groups is 1. The molecule has 1 aliphatic heterocycles. The summed E-state index contributed by atoms with van der Waals surface area (Å²) in [6, 6.07) is 0. The Labute approximate surface area is 78.2 Å². The summed E-state index contributed by atoms with van der Waals surface area (Å²) in [6.07, 6.45) is 0.0202. The van der Waals surface area contributed by atoms with E-state index in [9.17, 15) is 4.79 Å². The third-order valence-electron chi connectivity index (χ3n) is 2.14. The van der Waals surface area contributed by atoms with Gasteiger partial charge in [0.05, 0.1) is 19.3 Å². The van der Waals surface area contributed by atoms with Gasteiger partial charge in [-0.3, -0.25) is 4.79 Å². The average Bonchev–Trinajstić information content (AvgIpc) is 2.53. The molecule has 1 saturated heterocycles. The standard InChI is InChI=1S/C9H16O4/c1-7(10)12-5-9(2,3)8-4-11-6-13-8/h8H,4-6H2,1-3H3. The molecule has 1 fully saturated rings. The fourth-order valence-electron chi connectivity index (χ4n) is 1.17. The molecule has 0 bridgehead atoms. The highest BCUT2D eigenvalue weighted by molar-refractivity contribution is 5.65. The van der Waals surface area contributed by atoms with Crippen molar-refractivity contribution in [3.05, 3.63) is 0 Å². The van der Waals surface area contributed by atoms with Crippen molar-refractivity contribution in [2.75, 3.05) is 20.0 Å². The summed E-state index contributed by atoms with van der Waals surface area (Å²) in [4.78, 5) is 10.6. The Hall–Kier alpha value is -0.610. The van der Waals surface area contributed by atoms with Gasteiger partial charge >= 0.3 is 5.97 Å². The molecule has 1 rings (SSSR count). The van der Waals surface area contributed by atoms with Gasteiger partial charge in [0, 0.05) is 12.3 Å². The van der Waals surface area contributed by atoms with Crippen molar-refractivity contribution in [1.82, 2.24) is 0 Å². The zero-order valence-electron chi connectivity index (χ0n) is 8.33. The largest absolute Gasteiger partial charge is 0.465 e. The van der Waals surface area contributed by atoms with Gasteiger partial charge in [0.1, 0.15) is 6.79 Å². The minimum absolute atomic E-state index is 0.0202. The van der Waals surface area contributed by atoms with Crippen molar-refractivity contribution < 1.29 is 19.0 Å².